The molecule has 0 bridgehead atoms. The number of nitrogens with one attached hydrogen (secondary N) is 1. The normalized spacial score (nSPS) is 14.9. The Morgan fingerprint density at radius 3 is 2.71 bits per heavy atom. The number of ether oxygens (including phenoxy) is 2. The van der Waals surface area contributed by atoms with E-state index < -0.39 is 0 Å². The molecule has 2 heterocycles. The summed E-state index contributed by atoms with van der Waals surface area (Å²) in [4.78, 5) is 15.3. The maximum absolute atomic E-state index is 13.4. The van der Waals surface area contributed by atoms with Gasteiger partial charge in [-0.1, -0.05) is 38.1 Å². The lowest BCUT2D eigenvalue weighted by Gasteiger charge is -2.27. The van der Waals surface area contributed by atoms with Gasteiger partial charge in [0, 0.05) is 17.7 Å². The van der Waals surface area contributed by atoms with Crippen LogP contribution in [0.3, 0.4) is 0 Å². The van der Waals surface area contributed by atoms with Crippen molar-refractivity contribution in [1.82, 2.24) is 15.1 Å². The zero-order chi connectivity index (χ0) is 24.4. The fourth-order valence-corrected chi connectivity index (χ4v) is 4.67. The summed E-state index contributed by atoms with van der Waals surface area (Å²) in [5.41, 5.74) is 5.20. The number of benzene rings is 2. The smallest absolute Gasteiger partial charge is 0.273 e. The molecular weight excluding hydrogens is 430 g/mol. The number of H-pyrrole nitrogens is 1. The van der Waals surface area contributed by atoms with Crippen molar-refractivity contribution in [2.45, 2.75) is 39.7 Å². The highest BCUT2D eigenvalue weighted by Gasteiger charge is 2.42. The molecule has 2 N–H and O–H groups in total. The molecule has 0 spiro atoms. The van der Waals surface area contributed by atoms with E-state index in [1.807, 2.05) is 43.0 Å². The SMILES string of the molecule is C=CCOc1ccc(C2c3c(-c4c(C)cc(C)cc4O)n[nH]c3C(=O)N2CCCC)cc1OC. The van der Waals surface area contributed by atoms with Gasteiger partial charge in [0.2, 0.25) is 0 Å². The fraction of sp³-hybridized carbons (Fsp3) is 0.333. The molecule has 0 fully saturated rings. The molecule has 4 rings (SSSR count). The van der Waals surface area contributed by atoms with Gasteiger partial charge in [-0.2, -0.15) is 5.10 Å². The Morgan fingerprint density at radius 1 is 1.24 bits per heavy atom. The zero-order valence-electron chi connectivity index (χ0n) is 20.1. The summed E-state index contributed by atoms with van der Waals surface area (Å²) in [6.45, 7) is 10.6. The van der Waals surface area contributed by atoms with Gasteiger partial charge in [-0.3, -0.25) is 9.89 Å². The summed E-state index contributed by atoms with van der Waals surface area (Å²) in [5, 5.41) is 18.3. The van der Waals surface area contributed by atoms with E-state index in [1.165, 1.54) is 0 Å². The molecule has 2 aromatic carbocycles. The minimum Gasteiger partial charge on any atom is -0.507 e. The molecule has 7 heteroatoms. The predicted molar refractivity (Wildman–Crippen MR) is 132 cm³/mol. The number of carbonyl (C=O) groups is 1. The number of methoxy groups -OCH3 is 1. The van der Waals surface area contributed by atoms with Gasteiger partial charge in [0.25, 0.3) is 5.91 Å². The second-order valence-corrected chi connectivity index (χ2v) is 8.60. The molecule has 0 aliphatic carbocycles. The van der Waals surface area contributed by atoms with Gasteiger partial charge < -0.3 is 19.5 Å². The molecular formula is C27H31N3O4. The van der Waals surface area contributed by atoms with Crippen LogP contribution in [0.5, 0.6) is 17.2 Å². The molecule has 3 aromatic rings. The third kappa shape index (κ3) is 4.02. The third-order valence-corrected chi connectivity index (χ3v) is 6.17. The molecule has 0 saturated carbocycles. The molecule has 1 amide bonds. The molecule has 0 saturated heterocycles. The highest BCUT2D eigenvalue weighted by molar-refractivity contribution is 6.00. The van der Waals surface area contributed by atoms with Gasteiger partial charge in [0.05, 0.1) is 13.2 Å². The molecule has 1 aromatic heterocycles. The lowest BCUT2D eigenvalue weighted by Crippen LogP contribution is -2.30. The Morgan fingerprint density at radius 2 is 2.03 bits per heavy atom. The lowest BCUT2D eigenvalue weighted by molar-refractivity contribution is 0.0741. The summed E-state index contributed by atoms with van der Waals surface area (Å²) in [6, 6.07) is 9.07. The van der Waals surface area contributed by atoms with Crippen LogP contribution in [0.25, 0.3) is 11.3 Å². The minimum atomic E-state index is -0.370. The predicted octanol–water partition coefficient (Wildman–Crippen LogP) is 5.32. The first-order valence-corrected chi connectivity index (χ1v) is 11.5. The number of rotatable bonds is 9. The number of nitrogens with zero attached hydrogens (tertiary/aromatic N) is 2. The van der Waals surface area contributed by atoms with Crippen LogP contribution >= 0.6 is 0 Å². The Balaban J connectivity index is 1.88. The summed E-state index contributed by atoms with van der Waals surface area (Å²) in [5.74, 6) is 1.24. The van der Waals surface area contributed by atoms with Crippen molar-refractivity contribution in [3.63, 3.8) is 0 Å². The van der Waals surface area contributed by atoms with Gasteiger partial charge in [-0.25, -0.2) is 0 Å². The van der Waals surface area contributed by atoms with E-state index in [0.29, 0.717) is 41.6 Å². The van der Waals surface area contributed by atoms with E-state index in [4.69, 9.17) is 9.47 Å². The average Bonchev–Trinajstić information content (AvgIpc) is 3.34. The number of phenols is 1. The lowest BCUT2D eigenvalue weighted by atomic mass is 9.93. The Hall–Kier alpha value is -3.74. The number of aryl methyl sites for hydroxylation is 2. The maximum atomic E-state index is 13.4. The number of unbranched alkanes of at least 4 members (excludes halogenated alkanes) is 1. The number of hydrogen-bond acceptors (Lipinski definition) is 5. The van der Waals surface area contributed by atoms with Crippen molar-refractivity contribution < 1.29 is 19.4 Å². The maximum Gasteiger partial charge on any atom is 0.273 e. The highest BCUT2D eigenvalue weighted by Crippen LogP contribution is 2.46. The monoisotopic (exact) mass is 461 g/mol. The number of fused-ring (bicyclic) bond motifs is 1. The molecule has 1 aliphatic rings. The van der Waals surface area contributed by atoms with E-state index in [1.54, 1.807) is 19.3 Å². The molecule has 178 valence electrons. The quantitative estimate of drug-likeness (QED) is 0.421. The number of carbonyl (C=O) groups excluding carboxylic acids is 1. The molecule has 1 atom stereocenters. The van der Waals surface area contributed by atoms with E-state index in [9.17, 15) is 9.90 Å². The molecule has 7 nitrogen and oxygen atoms in total. The van der Waals surface area contributed by atoms with Gasteiger partial charge in [-0.05, 0) is 55.2 Å². The summed E-state index contributed by atoms with van der Waals surface area (Å²) >= 11 is 0. The van der Waals surface area contributed by atoms with Crippen LogP contribution in [-0.2, 0) is 0 Å². The summed E-state index contributed by atoms with van der Waals surface area (Å²) < 4.78 is 11.3. The topological polar surface area (TPSA) is 87.7 Å². The summed E-state index contributed by atoms with van der Waals surface area (Å²) in [7, 11) is 1.59. The van der Waals surface area contributed by atoms with Crippen LogP contribution in [0.2, 0.25) is 0 Å². The molecule has 34 heavy (non-hydrogen) atoms. The third-order valence-electron chi connectivity index (χ3n) is 6.17. The standard InChI is InChI=1S/C27H31N3O4/c1-6-8-11-30-26(18-9-10-20(34-12-7-2)21(15-18)33-5)23-24(28-29-25(23)27(30)32)22-17(4)13-16(3)14-19(22)31/h7,9-10,13-15,26,31H,2,6,8,11-12H2,1,3-5H3,(H,28,29). The first-order valence-electron chi connectivity index (χ1n) is 11.5. The first kappa shape index (κ1) is 23.4. The van der Waals surface area contributed by atoms with Gasteiger partial charge >= 0.3 is 0 Å². The van der Waals surface area contributed by atoms with Crippen LogP contribution in [-0.4, -0.2) is 46.4 Å². The summed E-state index contributed by atoms with van der Waals surface area (Å²) in [6.07, 6.45) is 3.52. The second-order valence-electron chi connectivity index (χ2n) is 8.60. The zero-order valence-corrected chi connectivity index (χ0v) is 20.1. The van der Waals surface area contributed by atoms with Crippen molar-refractivity contribution in [3.05, 3.63) is 70.9 Å². The van der Waals surface area contributed by atoms with Crippen molar-refractivity contribution in [1.29, 1.82) is 0 Å². The number of aromatic hydroxyl groups is 1. The van der Waals surface area contributed by atoms with Crippen LogP contribution in [0.15, 0.2) is 43.0 Å². The largest absolute Gasteiger partial charge is 0.507 e. The number of phenolic OH excluding ortho intramolecular Hbond substituents is 1. The highest BCUT2D eigenvalue weighted by atomic mass is 16.5. The minimum absolute atomic E-state index is 0.0950. The Labute approximate surface area is 200 Å². The molecule has 1 unspecified atom stereocenters. The Kier molecular flexibility index (Phi) is 6.63. The van der Waals surface area contributed by atoms with Crippen molar-refractivity contribution in [2.75, 3.05) is 20.3 Å². The van der Waals surface area contributed by atoms with Crippen LogP contribution in [0, 0.1) is 13.8 Å². The average molecular weight is 462 g/mol. The van der Waals surface area contributed by atoms with Gasteiger partial charge in [0.15, 0.2) is 11.5 Å². The van der Waals surface area contributed by atoms with Gasteiger partial charge in [0.1, 0.15) is 23.7 Å². The van der Waals surface area contributed by atoms with Crippen LogP contribution in [0.1, 0.15) is 58.5 Å². The van der Waals surface area contributed by atoms with E-state index in [-0.39, 0.29) is 17.7 Å². The number of aromatic nitrogens is 2. The number of aromatic amines is 1. The van der Waals surface area contributed by atoms with Crippen molar-refractivity contribution in [2.24, 2.45) is 0 Å². The molecule has 0 radical (unpaired) electrons. The van der Waals surface area contributed by atoms with E-state index in [0.717, 1.165) is 35.1 Å². The van der Waals surface area contributed by atoms with Crippen molar-refractivity contribution in [3.8, 4) is 28.5 Å². The van der Waals surface area contributed by atoms with Crippen LogP contribution < -0.4 is 9.47 Å². The van der Waals surface area contributed by atoms with Crippen LogP contribution in [0.4, 0.5) is 0 Å². The molecule has 1 aliphatic heterocycles. The van der Waals surface area contributed by atoms with E-state index in [2.05, 4.69) is 23.7 Å². The Bertz CT molecular complexity index is 1210. The fourth-order valence-electron chi connectivity index (χ4n) is 4.67. The number of hydrogen-bond donors (Lipinski definition) is 2. The van der Waals surface area contributed by atoms with E-state index >= 15 is 0 Å². The second kappa shape index (κ2) is 9.63. The van der Waals surface area contributed by atoms with Gasteiger partial charge in [-0.15, -0.1) is 0 Å². The number of amides is 1. The first-order chi connectivity index (χ1) is 16.4. The van der Waals surface area contributed by atoms with Crippen molar-refractivity contribution >= 4 is 5.91 Å².